The van der Waals surface area contributed by atoms with Crippen LogP contribution in [0.2, 0.25) is 0 Å². The van der Waals surface area contributed by atoms with Crippen LogP contribution in [-0.4, -0.2) is 34.4 Å². The zero-order valence-electron chi connectivity index (χ0n) is 9.80. The second-order valence-electron chi connectivity index (χ2n) is 4.33. The molecule has 2 rings (SSSR count). The van der Waals surface area contributed by atoms with Gasteiger partial charge in [0.25, 0.3) is 0 Å². The van der Waals surface area contributed by atoms with E-state index in [-0.39, 0.29) is 5.56 Å². The lowest BCUT2D eigenvalue weighted by atomic mass is 10.1. The predicted octanol–water partition coefficient (Wildman–Crippen LogP) is 1.95. The van der Waals surface area contributed by atoms with Crippen molar-refractivity contribution in [3.05, 3.63) is 17.8 Å². The van der Waals surface area contributed by atoms with Crippen molar-refractivity contribution in [2.24, 2.45) is 0 Å². The van der Waals surface area contributed by atoms with Gasteiger partial charge in [-0.3, -0.25) is 0 Å². The van der Waals surface area contributed by atoms with Crippen molar-refractivity contribution in [2.75, 3.05) is 18.0 Å². The van der Waals surface area contributed by atoms with E-state index in [2.05, 4.69) is 15.1 Å². The maximum atomic E-state index is 11.1. The molecule has 0 aromatic carbocycles. The summed E-state index contributed by atoms with van der Waals surface area (Å²) in [5.41, 5.74) is 0.251. The van der Waals surface area contributed by atoms with Gasteiger partial charge in [0.05, 0.1) is 6.20 Å². The Morgan fingerprint density at radius 2 is 1.82 bits per heavy atom. The fraction of sp³-hybridized carbons (Fsp3) is 0.583. The van der Waals surface area contributed by atoms with Gasteiger partial charge in [-0.05, 0) is 18.9 Å². The van der Waals surface area contributed by atoms with Crippen LogP contribution in [-0.2, 0) is 0 Å². The van der Waals surface area contributed by atoms with E-state index in [9.17, 15) is 4.79 Å². The van der Waals surface area contributed by atoms with Crippen LogP contribution in [0.3, 0.4) is 0 Å². The molecule has 0 amide bonds. The van der Waals surface area contributed by atoms with Gasteiger partial charge in [-0.2, -0.15) is 5.10 Å². The van der Waals surface area contributed by atoms with E-state index >= 15 is 0 Å². The van der Waals surface area contributed by atoms with E-state index in [1.807, 2.05) is 0 Å². The molecule has 1 fully saturated rings. The van der Waals surface area contributed by atoms with E-state index < -0.39 is 5.97 Å². The fourth-order valence-corrected chi connectivity index (χ4v) is 2.18. The number of aromatic carboxylic acids is 1. The van der Waals surface area contributed by atoms with Crippen molar-refractivity contribution >= 4 is 11.8 Å². The molecule has 0 saturated carbocycles. The molecule has 0 radical (unpaired) electrons. The molecular weight excluding hydrogens is 218 g/mol. The Hall–Kier alpha value is -1.65. The number of carboxylic acids is 1. The van der Waals surface area contributed by atoms with Crippen LogP contribution in [0.15, 0.2) is 12.3 Å². The molecule has 0 spiro atoms. The summed E-state index contributed by atoms with van der Waals surface area (Å²) in [5.74, 6) is -0.418. The zero-order valence-corrected chi connectivity index (χ0v) is 9.80. The van der Waals surface area contributed by atoms with Gasteiger partial charge in [-0.25, -0.2) is 4.79 Å². The van der Waals surface area contributed by atoms with E-state index in [0.29, 0.717) is 5.82 Å². The van der Waals surface area contributed by atoms with Crippen LogP contribution < -0.4 is 4.90 Å². The predicted molar refractivity (Wildman–Crippen MR) is 64.3 cm³/mol. The summed E-state index contributed by atoms with van der Waals surface area (Å²) in [6.45, 7) is 1.75. The van der Waals surface area contributed by atoms with Crippen LogP contribution in [0, 0.1) is 0 Å². The topological polar surface area (TPSA) is 66.3 Å². The summed E-state index contributed by atoms with van der Waals surface area (Å²) in [5, 5.41) is 16.9. The van der Waals surface area contributed by atoms with E-state index in [1.165, 1.54) is 31.5 Å². The summed E-state index contributed by atoms with van der Waals surface area (Å²) in [4.78, 5) is 13.2. The van der Waals surface area contributed by atoms with Gasteiger partial charge in [0.2, 0.25) is 0 Å². The highest BCUT2D eigenvalue weighted by molar-refractivity contribution is 5.93. The summed E-state index contributed by atoms with van der Waals surface area (Å²) >= 11 is 0. The summed E-state index contributed by atoms with van der Waals surface area (Å²) in [7, 11) is 0. The minimum Gasteiger partial charge on any atom is -0.478 e. The number of nitrogens with zero attached hydrogens (tertiary/aromatic N) is 3. The number of hydrogen-bond acceptors (Lipinski definition) is 4. The third-order valence-corrected chi connectivity index (χ3v) is 3.09. The van der Waals surface area contributed by atoms with Crippen molar-refractivity contribution in [2.45, 2.75) is 32.1 Å². The number of anilines is 1. The number of hydrogen-bond donors (Lipinski definition) is 1. The van der Waals surface area contributed by atoms with Crippen molar-refractivity contribution in [1.82, 2.24) is 10.2 Å². The SMILES string of the molecule is O=C(O)c1ccnnc1N1CCCCCCC1. The Morgan fingerprint density at radius 1 is 1.18 bits per heavy atom. The van der Waals surface area contributed by atoms with Crippen molar-refractivity contribution in [1.29, 1.82) is 0 Å². The van der Waals surface area contributed by atoms with E-state index in [1.54, 1.807) is 0 Å². The van der Waals surface area contributed by atoms with Crippen LogP contribution in [0.25, 0.3) is 0 Å². The molecule has 1 saturated heterocycles. The quantitative estimate of drug-likeness (QED) is 0.848. The van der Waals surface area contributed by atoms with Gasteiger partial charge >= 0.3 is 5.97 Å². The monoisotopic (exact) mass is 235 g/mol. The molecule has 0 atom stereocenters. The second kappa shape index (κ2) is 5.61. The van der Waals surface area contributed by atoms with Crippen molar-refractivity contribution < 1.29 is 9.90 Å². The van der Waals surface area contributed by atoms with Crippen molar-refractivity contribution in [3.63, 3.8) is 0 Å². The number of carbonyl (C=O) groups is 1. The third-order valence-electron chi connectivity index (χ3n) is 3.09. The second-order valence-corrected chi connectivity index (χ2v) is 4.33. The lowest BCUT2D eigenvalue weighted by molar-refractivity contribution is 0.0697. The standard InChI is InChI=1S/C12H17N3O2/c16-12(17)10-6-7-13-14-11(10)15-8-4-2-1-3-5-9-15/h6-7H,1-5,8-9H2,(H,16,17). The minimum absolute atomic E-state index is 0.251. The molecule has 0 bridgehead atoms. The van der Waals surface area contributed by atoms with E-state index in [4.69, 9.17) is 5.11 Å². The van der Waals surface area contributed by atoms with Crippen molar-refractivity contribution in [3.8, 4) is 0 Å². The first kappa shape index (κ1) is 11.8. The highest BCUT2D eigenvalue weighted by atomic mass is 16.4. The highest BCUT2D eigenvalue weighted by Crippen LogP contribution is 2.20. The summed E-state index contributed by atoms with van der Waals surface area (Å²) < 4.78 is 0. The Kier molecular flexibility index (Phi) is 3.90. The number of rotatable bonds is 2. The molecule has 0 unspecified atom stereocenters. The lowest BCUT2D eigenvalue weighted by Gasteiger charge is -2.26. The molecule has 92 valence electrons. The summed E-state index contributed by atoms with van der Waals surface area (Å²) in [6, 6.07) is 1.52. The molecule has 5 nitrogen and oxygen atoms in total. The first-order chi connectivity index (χ1) is 8.29. The molecular formula is C12H17N3O2. The lowest BCUT2D eigenvalue weighted by Crippen LogP contribution is -2.29. The van der Waals surface area contributed by atoms with E-state index in [0.717, 1.165) is 25.9 Å². The molecule has 0 aliphatic carbocycles. The van der Waals surface area contributed by atoms with Gasteiger partial charge in [0.15, 0.2) is 5.82 Å². The average Bonchev–Trinajstić information content (AvgIpc) is 2.28. The molecule has 1 N–H and O–H groups in total. The first-order valence-corrected chi connectivity index (χ1v) is 6.09. The fourth-order valence-electron chi connectivity index (χ4n) is 2.18. The maximum absolute atomic E-state index is 11.1. The first-order valence-electron chi connectivity index (χ1n) is 6.09. The molecule has 17 heavy (non-hydrogen) atoms. The summed E-state index contributed by atoms with van der Waals surface area (Å²) in [6.07, 6.45) is 7.31. The molecule has 1 aromatic rings. The molecule has 1 aliphatic heterocycles. The molecule has 1 aliphatic rings. The van der Waals surface area contributed by atoms with Gasteiger partial charge in [0, 0.05) is 13.1 Å². The Morgan fingerprint density at radius 3 is 2.47 bits per heavy atom. The largest absolute Gasteiger partial charge is 0.478 e. The Labute approximate surface area is 100 Å². The number of aromatic nitrogens is 2. The smallest absolute Gasteiger partial charge is 0.339 e. The minimum atomic E-state index is -0.933. The Balaban J connectivity index is 2.21. The van der Waals surface area contributed by atoms with Gasteiger partial charge < -0.3 is 10.0 Å². The molecule has 1 aromatic heterocycles. The molecule has 2 heterocycles. The van der Waals surface area contributed by atoms with Gasteiger partial charge in [0.1, 0.15) is 5.56 Å². The van der Waals surface area contributed by atoms with Crippen LogP contribution in [0.4, 0.5) is 5.82 Å². The third kappa shape index (κ3) is 2.93. The molecule has 5 heteroatoms. The van der Waals surface area contributed by atoms with Crippen LogP contribution in [0.1, 0.15) is 42.5 Å². The highest BCUT2D eigenvalue weighted by Gasteiger charge is 2.18. The van der Waals surface area contributed by atoms with Gasteiger partial charge in [-0.1, -0.05) is 19.3 Å². The normalized spacial score (nSPS) is 17.3. The maximum Gasteiger partial charge on any atom is 0.339 e. The number of carboxylic acid groups (broad SMARTS) is 1. The Bertz CT molecular complexity index is 387. The van der Waals surface area contributed by atoms with Gasteiger partial charge in [-0.15, -0.1) is 5.10 Å². The zero-order chi connectivity index (χ0) is 12.1. The van der Waals surface area contributed by atoms with Crippen LogP contribution in [0.5, 0.6) is 0 Å². The van der Waals surface area contributed by atoms with Crippen LogP contribution >= 0.6 is 0 Å². The average molecular weight is 235 g/mol.